The second-order valence-corrected chi connectivity index (χ2v) is 4.96. The molecule has 0 unspecified atom stereocenters. The van der Waals surface area contributed by atoms with Crippen molar-refractivity contribution in [2.75, 3.05) is 0 Å². The average molecular weight is 238 g/mol. The molecule has 1 nitrogen and oxygen atoms in total. The fourth-order valence-corrected chi connectivity index (χ4v) is 2.07. The molecule has 0 aromatic carbocycles. The zero-order chi connectivity index (χ0) is 12.8. The molecular formula is C16H30O. The fourth-order valence-electron chi connectivity index (χ4n) is 2.07. The molecule has 0 saturated heterocycles. The molecule has 100 valence electrons. The summed E-state index contributed by atoms with van der Waals surface area (Å²) in [5.41, 5.74) is 0. The molecule has 0 fully saturated rings. The molecule has 0 aliphatic carbocycles. The Morgan fingerprint density at radius 2 is 1.24 bits per heavy atom. The summed E-state index contributed by atoms with van der Waals surface area (Å²) < 4.78 is 0. The van der Waals surface area contributed by atoms with Crippen molar-refractivity contribution in [3.63, 3.8) is 0 Å². The lowest BCUT2D eigenvalue weighted by atomic mass is 10.0. The van der Waals surface area contributed by atoms with Gasteiger partial charge in [0.25, 0.3) is 0 Å². The summed E-state index contributed by atoms with van der Waals surface area (Å²) in [6.07, 6.45) is 16.8. The minimum Gasteiger partial charge on any atom is -0.295 e. The van der Waals surface area contributed by atoms with Crippen molar-refractivity contribution in [1.29, 1.82) is 0 Å². The summed E-state index contributed by atoms with van der Waals surface area (Å²) in [7, 11) is 0. The van der Waals surface area contributed by atoms with Crippen LogP contribution in [0.4, 0.5) is 0 Å². The monoisotopic (exact) mass is 238 g/mol. The first-order valence-electron chi connectivity index (χ1n) is 7.46. The van der Waals surface area contributed by atoms with Crippen molar-refractivity contribution in [2.24, 2.45) is 0 Å². The number of carbonyl (C=O) groups excluding carboxylic acids is 1. The van der Waals surface area contributed by atoms with Crippen LogP contribution in [-0.4, -0.2) is 5.78 Å². The Hall–Kier alpha value is -0.590. The van der Waals surface area contributed by atoms with Gasteiger partial charge in [0.1, 0.15) is 0 Å². The molecule has 0 aliphatic heterocycles. The van der Waals surface area contributed by atoms with Gasteiger partial charge in [0.15, 0.2) is 5.78 Å². The van der Waals surface area contributed by atoms with E-state index in [2.05, 4.69) is 13.5 Å². The fraction of sp³-hybridized carbons (Fsp3) is 0.812. The molecule has 0 radical (unpaired) electrons. The summed E-state index contributed by atoms with van der Waals surface area (Å²) in [5, 5.41) is 0. The summed E-state index contributed by atoms with van der Waals surface area (Å²) in [6, 6.07) is 0. The Labute approximate surface area is 108 Å². The Morgan fingerprint density at radius 1 is 0.824 bits per heavy atom. The minimum atomic E-state index is 0.195. The van der Waals surface area contributed by atoms with Crippen LogP contribution < -0.4 is 0 Å². The van der Waals surface area contributed by atoms with Crippen molar-refractivity contribution < 1.29 is 4.79 Å². The Balaban J connectivity index is 2.98. The number of rotatable bonds is 13. The van der Waals surface area contributed by atoms with E-state index in [-0.39, 0.29) is 5.78 Å². The third kappa shape index (κ3) is 13.3. The maximum atomic E-state index is 11.0. The summed E-state index contributed by atoms with van der Waals surface area (Å²) in [5.74, 6) is 0.195. The molecular weight excluding hydrogens is 208 g/mol. The minimum absolute atomic E-state index is 0.195. The van der Waals surface area contributed by atoms with Crippen molar-refractivity contribution in [3.05, 3.63) is 12.7 Å². The smallest absolute Gasteiger partial charge is 0.155 e. The Kier molecular flexibility index (Phi) is 13.0. The quantitative estimate of drug-likeness (QED) is 0.308. The zero-order valence-electron chi connectivity index (χ0n) is 11.7. The standard InChI is InChI=1S/C16H30O/c1-3-5-6-7-8-9-10-11-12-13-14-15-16(17)4-2/h4H,2-3,5-15H2,1H3. The molecule has 0 aromatic heterocycles. The highest BCUT2D eigenvalue weighted by atomic mass is 16.1. The summed E-state index contributed by atoms with van der Waals surface area (Å²) in [6.45, 7) is 5.74. The van der Waals surface area contributed by atoms with Crippen molar-refractivity contribution in [1.82, 2.24) is 0 Å². The van der Waals surface area contributed by atoms with E-state index >= 15 is 0 Å². The van der Waals surface area contributed by atoms with Gasteiger partial charge in [-0.25, -0.2) is 0 Å². The molecule has 0 heterocycles. The van der Waals surface area contributed by atoms with Crippen LogP contribution >= 0.6 is 0 Å². The van der Waals surface area contributed by atoms with E-state index in [9.17, 15) is 4.79 Å². The van der Waals surface area contributed by atoms with E-state index in [1.165, 1.54) is 70.3 Å². The Morgan fingerprint density at radius 3 is 1.65 bits per heavy atom. The number of unbranched alkanes of at least 4 members (excludes halogenated alkanes) is 10. The molecule has 17 heavy (non-hydrogen) atoms. The molecule has 0 atom stereocenters. The number of hydrogen-bond donors (Lipinski definition) is 0. The molecule has 0 amide bonds. The van der Waals surface area contributed by atoms with Crippen molar-refractivity contribution in [2.45, 2.75) is 84.0 Å². The lowest BCUT2D eigenvalue weighted by molar-refractivity contribution is -0.114. The van der Waals surface area contributed by atoms with Crippen LogP contribution in [0.2, 0.25) is 0 Å². The lowest BCUT2D eigenvalue weighted by Gasteiger charge is -2.01. The van der Waals surface area contributed by atoms with Gasteiger partial charge in [0, 0.05) is 6.42 Å². The average Bonchev–Trinajstić information content (AvgIpc) is 2.35. The van der Waals surface area contributed by atoms with Crippen LogP contribution in [0.5, 0.6) is 0 Å². The number of allylic oxidation sites excluding steroid dienone is 1. The first-order valence-corrected chi connectivity index (χ1v) is 7.46. The van der Waals surface area contributed by atoms with E-state index in [1.54, 1.807) is 0 Å². The van der Waals surface area contributed by atoms with Crippen LogP contribution in [0.15, 0.2) is 12.7 Å². The zero-order valence-corrected chi connectivity index (χ0v) is 11.7. The van der Waals surface area contributed by atoms with E-state index < -0.39 is 0 Å². The van der Waals surface area contributed by atoms with E-state index in [0.29, 0.717) is 6.42 Å². The molecule has 0 aromatic rings. The largest absolute Gasteiger partial charge is 0.295 e. The van der Waals surface area contributed by atoms with Gasteiger partial charge in [-0.3, -0.25) is 4.79 Å². The normalized spacial score (nSPS) is 10.4. The highest BCUT2D eigenvalue weighted by Gasteiger charge is 1.96. The van der Waals surface area contributed by atoms with Gasteiger partial charge in [0.2, 0.25) is 0 Å². The topological polar surface area (TPSA) is 17.1 Å². The van der Waals surface area contributed by atoms with Gasteiger partial charge in [-0.05, 0) is 12.5 Å². The maximum absolute atomic E-state index is 11.0. The second kappa shape index (κ2) is 13.5. The molecule has 0 rings (SSSR count). The third-order valence-corrected chi connectivity index (χ3v) is 3.25. The Bertz CT molecular complexity index is 184. The predicted molar refractivity (Wildman–Crippen MR) is 76.3 cm³/mol. The predicted octanol–water partition coefficient (Wildman–Crippen LogP) is 5.44. The van der Waals surface area contributed by atoms with E-state index in [4.69, 9.17) is 0 Å². The van der Waals surface area contributed by atoms with Crippen molar-refractivity contribution in [3.8, 4) is 0 Å². The highest BCUT2D eigenvalue weighted by Crippen LogP contribution is 2.11. The SMILES string of the molecule is C=CC(=O)CCCCCCCCCCCCC. The van der Waals surface area contributed by atoms with Crippen LogP contribution in [0.1, 0.15) is 84.0 Å². The molecule has 0 saturated carbocycles. The highest BCUT2D eigenvalue weighted by molar-refractivity contribution is 5.88. The van der Waals surface area contributed by atoms with Gasteiger partial charge < -0.3 is 0 Å². The number of carbonyl (C=O) groups is 1. The molecule has 0 bridgehead atoms. The summed E-state index contributed by atoms with van der Waals surface area (Å²) >= 11 is 0. The van der Waals surface area contributed by atoms with Gasteiger partial charge in [-0.15, -0.1) is 0 Å². The van der Waals surface area contributed by atoms with Crippen LogP contribution in [0.3, 0.4) is 0 Å². The molecule has 0 aliphatic rings. The first kappa shape index (κ1) is 16.4. The van der Waals surface area contributed by atoms with Crippen molar-refractivity contribution >= 4 is 5.78 Å². The number of hydrogen-bond acceptors (Lipinski definition) is 1. The van der Waals surface area contributed by atoms with Gasteiger partial charge in [-0.2, -0.15) is 0 Å². The van der Waals surface area contributed by atoms with E-state index in [1.807, 2.05) is 0 Å². The molecule has 0 N–H and O–H groups in total. The maximum Gasteiger partial charge on any atom is 0.155 e. The van der Waals surface area contributed by atoms with Gasteiger partial charge in [0.05, 0.1) is 0 Å². The van der Waals surface area contributed by atoms with Crippen LogP contribution in [-0.2, 0) is 4.79 Å². The van der Waals surface area contributed by atoms with Gasteiger partial charge in [-0.1, -0.05) is 77.7 Å². The van der Waals surface area contributed by atoms with Crippen LogP contribution in [0.25, 0.3) is 0 Å². The molecule has 0 spiro atoms. The second-order valence-electron chi connectivity index (χ2n) is 4.96. The lowest BCUT2D eigenvalue weighted by Crippen LogP contribution is -1.91. The van der Waals surface area contributed by atoms with Gasteiger partial charge >= 0.3 is 0 Å². The summed E-state index contributed by atoms with van der Waals surface area (Å²) in [4.78, 5) is 11.0. The third-order valence-electron chi connectivity index (χ3n) is 3.25. The molecule has 1 heteroatoms. The first-order chi connectivity index (χ1) is 8.31. The number of ketones is 1. The van der Waals surface area contributed by atoms with Crippen LogP contribution in [0, 0.1) is 0 Å². The van der Waals surface area contributed by atoms with E-state index in [0.717, 1.165) is 6.42 Å².